The van der Waals surface area contributed by atoms with Crippen molar-refractivity contribution in [1.29, 1.82) is 0 Å². The van der Waals surface area contributed by atoms with Crippen LogP contribution in [-0.2, 0) is 19.1 Å². The van der Waals surface area contributed by atoms with Gasteiger partial charge in [0.2, 0.25) is 0 Å². The molecule has 0 aromatic heterocycles. The fourth-order valence-corrected chi connectivity index (χ4v) is 1.93. The molecule has 1 heterocycles. The van der Waals surface area contributed by atoms with Crippen molar-refractivity contribution < 1.29 is 28.6 Å². The Morgan fingerprint density at radius 2 is 2.10 bits per heavy atom. The van der Waals surface area contributed by atoms with Gasteiger partial charge in [0.05, 0.1) is 13.0 Å². The lowest BCUT2D eigenvalue weighted by atomic mass is 10.1. The van der Waals surface area contributed by atoms with Crippen LogP contribution in [0.4, 0.5) is 4.39 Å². The molecule has 3 atom stereocenters. The highest BCUT2D eigenvalue weighted by molar-refractivity contribution is 5.76. The van der Waals surface area contributed by atoms with Crippen LogP contribution >= 0.6 is 0 Å². The lowest BCUT2D eigenvalue weighted by Crippen LogP contribution is -2.45. The first-order valence-electron chi connectivity index (χ1n) is 6.63. The van der Waals surface area contributed by atoms with Gasteiger partial charge in [-0.25, -0.2) is 9.18 Å². The highest BCUT2D eigenvalue weighted by Gasteiger charge is 2.38. The molecule has 0 aromatic carbocycles. The van der Waals surface area contributed by atoms with Crippen molar-refractivity contribution in [2.45, 2.75) is 57.5 Å². The van der Waals surface area contributed by atoms with Gasteiger partial charge in [0.25, 0.3) is 0 Å². The molecule has 20 heavy (non-hydrogen) atoms. The summed E-state index contributed by atoms with van der Waals surface area (Å²) >= 11 is 0. The zero-order valence-corrected chi connectivity index (χ0v) is 12.0. The maximum absolute atomic E-state index is 13.2. The molecule has 0 saturated carbocycles. The number of nitrogens with one attached hydrogen (secondary N) is 1. The SMILES string of the molecule is CC(C)(C)OC(=O)C(OCCC(=O)O)[C@@H]1C[C@H](F)CN1. The first-order valence-corrected chi connectivity index (χ1v) is 6.63. The van der Waals surface area contributed by atoms with E-state index < -0.39 is 35.9 Å². The molecule has 0 bridgehead atoms. The van der Waals surface area contributed by atoms with Crippen LogP contribution in [0.25, 0.3) is 0 Å². The van der Waals surface area contributed by atoms with Gasteiger partial charge in [0.15, 0.2) is 6.10 Å². The van der Waals surface area contributed by atoms with E-state index in [0.717, 1.165) is 0 Å². The Hall–Kier alpha value is -1.21. The largest absolute Gasteiger partial charge is 0.481 e. The highest BCUT2D eigenvalue weighted by atomic mass is 19.1. The number of ether oxygens (including phenoxy) is 2. The van der Waals surface area contributed by atoms with Gasteiger partial charge in [-0.15, -0.1) is 0 Å². The maximum Gasteiger partial charge on any atom is 0.337 e. The fourth-order valence-electron chi connectivity index (χ4n) is 1.93. The molecule has 7 heteroatoms. The minimum Gasteiger partial charge on any atom is -0.481 e. The Kier molecular flexibility index (Phi) is 5.88. The van der Waals surface area contributed by atoms with Crippen molar-refractivity contribution in [1.82, 2.24) is 5.32 Å². The molecule has 0 spiro atoms. The van der Waals surface area contributed by atoms with Crippen molar-refractivity contribution in [3.63, 3.8) is 0 Å². The molecular weight excluding hydrogens is 269 g/mol. The third-order valence-corrected chi connectivity index (χ3v) is 2.73. The van der Waals surface area contributed by atoms with Gasteiger partial charge in [0, 0.05) is 12.6 Å². The van der Waals surface area contributed by atoms with E-state index in [0.29, 0.717) is 0 Å². The number of carboxylic acid groups (broad SMARTS) is 1. The molecule has 0 radical (unpaired) electrons. The van der Waals surface area contributed by atoms with E-state index >= 15 is 0 Å². The van der Waals surface area contributed by atoms with E-state index in [-0.39, 0.29) is 26.0 Å². The number of carboxylic acids is 1. The third kappa shape index (κ3) is 5.83. The first-order chi connectivity index (χ1) is 9.19. The summed E-state index contributed by atoms with van der Waals surface area (Å²) in [7, 11) is 0. The van der Waals surface area contributed by atoms with E-state index in [9.17, 15) is 14.0 Å². The van der Waals surface area contributed by atoms with Crippen LogP contribution < -0.4 is 5.32 Å². The highest BCUT2D eigenvalue weighted by Crippen LogP contribution is 2.19. The Labute approximate surface area is 117 Å². The van der Waals surface area contributed by atoms with E-state index in [1.165, 1.54) is 0 Å². The third-order valence-electron chi connectivity index (χ3n) is 2.73. The van der Waals surface area contributed by atoms with Crippen LogP contribution in [0.3, 0.4) is 0 Å². The average Bonchev–Trinajstić information content (AvgIpc) is 2.68. The molecule has 116 valence electrons. The lowest BCUT2D eigenvalue weighted by molar-refractivity contribution is -0.171. The van der Waals surface area contributed by atoms with E-state index in [1.807, 2.05) is 0 Å². The van der Waals surface area contributed by atoms with Gasteiger partial charge < -0.3 is 19.9 Å². The molecule has 6 nitrogen and oxygen atoms in total. The van der Waals surface area contributed by atoms with Gasteiger partial charge in [-0.05, 0) is 27.2 Å². The topological polar surface area (TPSA) is 84.9 Å². The Bertz CT molecular complexity index is 355. The average molecular weight is 291 g/mol. The van der Waals surface area contributed by atoms with Gasteiger partial charge in [-0.2, -0.15) is 0 Å². The lowest BCUT2D eigenvalue weighted by Gasteiger charge is -2.27. The van der Waals surface area contributed by atoms with Crippen LogP contribution in [0.15, 0.2) is 0 Å². The maximum atomic E-state index is 13.2. The predicted octanol–water partition coefficient (Wildman–Crippen LogP) is 0.888. The molecular formula is C13H22FNO5. The number of alkyl halides is 1. The number of hydrogen-bond donors (Lipinski definition) is 2. The quantitative estimate of drug-likeness (QED) is 0.707. The molecule has 0 aliphatic carbocycles. The molecule has 2 N–H and O–H groups in total. The molecule has 1 saturated heterocycles. The number of carbonyl (C=O) groups is 2. The molecule has 0 aromatic rings. The second-order valence-corrected chi connectivity index (χ2v) is 5.82. The summed E-state index contributed by atoms with van der Waals surface area (Å²) in [4.78, 5) is 22.6. The van der Waals surface area contributed by atoms with Gasteiger partial charge >= 0.3 is 11.9 Å². The zero-order chi connectivity index (χ0) is 15.3. The summed E-state index contributed by atoms with van der Waals surface area (Å²) < 4.78 is 23.8. The van der Waals surface area contributed by atoms with Crippen LogP contribution in [0.2, 0.25) is 0 Å². The molecule has 1 aliphatic heterocycles. The summed E-state index contributed by atoms with van der Waals surface area (Å²) in [5, 5.41) is 11.5. The Morgan fingerprint density at radius 3 is 2.55 bits per heavy atom. The van der Waals surface area contributed by atoms with Crippen molar-refractivity contribution in [3.8, 4) is 0 Å². The van der Waals surface area contributed by atoms with Crippen molar-refractivity contribution in [3.05, 3.63) is 0 Å². The minimum absolute atomic E-state index is 0.117. The summed E-state index contributed by atoms with van der Waals surface area (Å²) in [6.45, 7) is 5.21. The number of rotatable bonds is 6. The molecule has 1 unspecified atom stereocenters. The van der Waals surface area contributed by atoms with Crippen molar-refractivity contribution >= 4 is 11.9 Å². The summed E-state index contributed by atoms with van der Waals surface area (Å²) in [5.74, 6) is -1.62. The van der Waals surface area contributed by atoms with E-state index in [4.69, 9.17) is 14.6 Å². The fraction of sp³-hybridized carbons (Fsp3) is 0.846. The smallest absolute Gasteiger partial charge is 0.337 e. The standard InChI is InChI=1S/C13H22FNO5/c1-13(2,3)20-12(18)11(19-5-4-10(16)17)9-6-8(14)7-15-9/h8-9,11,15H,4-7H2,1-3H3,(H,16,17)/t8-,9-,11?/m0/s1. The number of hydrogen-bond acceptors (Lipinski definition) is 5. The van der Waals surface area contributed by atoms with Crippen LogP contribution in [0, 0.1) is 0 Å². The van der Waals surface area contributed by atoms with E-state index in [1.54, 1.807) is 20.8 Å². The van der Waals surface area contributed by atoms with Gasteiger partial charge in [0.1, 0.15) is 11.8 Å². The van der Waals surface area contributed by atoms with Crippen LogP contribution in [0.5, 0.6) is 0 Å². The summed E-state index contributed by atoms with van der Waals surface area (Å²) in [6, 6.07) is -0.492. The molecule has 1 rings (SSSR count). The second kappa shape index (κ2) is 6.99. The predicted molar refractivity (Wildman–Crippen MR) is 69.1 cm³/mol. The van der Waals surface area contributed by atoms with Crippen molar-refractivity contribution in [2.75, 3.05) is 13.2 Å². The van der Waals surface area contributed by atoms with Gasteiger partial charge in [-0.3, -0.25) is 4.79 Å². The normalized spacial score (nSPS) is 24.4. The first kappa shape index (κ1) is 16.8. The summed E-state index contributed by atoms with van der Waals surface area (Å²) in [5.41, 5.74) is -0.681. The minimum atomic E-state index is -1.03. The van der Waals surface area contributed by atoms with E-state index in [2.05, 4.69) is 5.32 Å². The summed E-state index contributed by atoms with van der Waals surface area (Å²) in [6.07, 6.45) is -2.09. The Morgan fingerprint density at radius 1 is 1.45 bits per heavy atom. The molecule has 1 aliphatic rings. The van der Waals surface area contributed by atoms with Gasteiger partial charge in [-0.1, -0.05) is 0 Å². The van der Waals surface area contributed by atoms with Crippen LogP contribution in [-0.4, -0.2) is 54.1 Å². The number of esters is 1. The monoisotopic (exact) mass is 291 g/mol. The second-order valence-electron chi connectivity index (χ2n) is 5.82. The Balaban J connectivity index is 2.63. The van der Waals surface area contributed by atoms with Crippen molar-refractivity contribution in [2.24, 2.45) is 0 Å². The number of halogens is 1. The zero-order valence-electron chi connectivity index (χ0n) is 12.0. The number of aliphatic carboxylic acids is 1. The molecule has 0 amide bonds. The number of carbonyl (C=O) groups excluding carboxylic acids is 1. The molecule has 1 fully saturated rings. The van der Waals surface area contributed by atoms with Crippen LogP contribution in [0.1, 0.15) is 33.6 Å².